The fourth-order valence-corrected chi connectivity index (χ4v) is 3.35. The number of aryl methyl sites for hydroxylation is 2. The molecule has 0 saturated heterocycles. The molecule has 0 aliphatic carbocycles. The van der Waals surface area contributed by atoms with Gasteiger partial charge in [0.2, 0.25) is 5.95 Å². The first kappa shape index (κ1) is 17.3. The molecule has 0 atom stereocenters. The standard InChI is InChI=1S/C24H20N4O/c1-15-7-10-17(11-8-15)22-14-21(18-12-9-16(2)13-23(18)29-22)27-28-24-25-19-5-3-4-6-20(19)26-24/h3-14H,1-2H3,(H2,25,26,28). The number of aromatic nitrogens is 2. The number of rotatable bonds is 3. The fourth-order valence-electron chi connectivity index (χ4n) is 3.35. The number of H-pyrrole nitrogens is 1. The van der Waals surface area contributed by atoms with Gasteiger partial charge in [0.05, 0.1) is 16.4 Å². The third-order valence-electron chi connectivity index (χ3n) is 4.91. The van der Waals surface area contributed by atoms with E-state index in [-0.39, 0.29) is 0 Å². The zero-order valence-electron chi connectivity index (χ0n) is 16.2. The molecular formula is C24H20N4O. The van der Waals surface area contributed by atoms with Gasteiger partial charge in [-0.1, -0.05) is 48.0 Å². The number of fused-ring (bicyclic) bond motifs is 2. The Morgan fingerprint density at radius 3 is 2.52 bits per heavy atom. The first-order valence-corrected chi connectivity index (χ1v) is 9.52. The molecule has 0 aliphatic heterocycles. The van der Waals surface area contributed by atoms with E-state index in [4.69, 9.17) is 4.42 Å². The minimum absolute atomic E-state index is 0.601. The Hall–Kier alpha value is -3.86. The SMILES string of the molecule is Cc1ccc(-c2cc(=NNc3nc4ccccc4[nH]3)c3ccc(C)cc3o2)cc1. The quantitative estimate of drug-likeness (QED) is 0.405. The number of benzene rings is 3. The van der Waals surface area contributed by atoms with Gasteiger partial charge in [0, 0.05) is 17.0 Å². The maximum absolute atomic E-state index is 6.20. The van der Waals surface area contributed by atoms with Crippen molar-refractivity contribution in [3.63, 3.8) is 0 Å². The van der Waals surface area contributed by atoms with Crippen LogP contribution in [-0.4, -0.2) is 9.97 Å². The summed E-state index contributed by atoms with van der Waals surface area (Å²) in [5.74, 6) is 1.37. The van der Waals surface area contributed by atoms with Gasteiger partial charge in [0.15, 0.2) is 0 Å². The summed E-state index contributed by atoms with van der Waals surface area (Å²) in [6.45, 7) is 4.12. The van der Waals surface area contributed by atoms with Gasteiger partial charge in [-0.2, -0.15) is 5.10 Å². The minimum Gasteiger partial charge on any atom is -0.456 e. The Kier molecular flexibility index (Phi) is 4.13. The Morgan fingerprint density at radius 2 is 1.69 bits per heavy atom. The van der Waals surface area contributed by atoms with E-state index in [1.165, 1.54) is 5.56 Å². The van der Waals surface area contributed by atoms with Crippen LogP contribution in [0.1, 0.15) is 11.1 Å². The fraction of sp³-hybridized carbons (Fsp3) is 0.0833. The van der Waals surface area contributed by atoms with Gasteiger partial charge in [-0.05, 0) is 43.7 Å². The number of anilines is 1. The lowest BCUT2D eigenvalue weighted by atomic mass is 10.1. The van der Waals surface area contributed by atoms with Crippen molar-refractivity contribution in [2.45, 2.75) is 13.8 Å². The molecule has 0 radical (unpaired) electrons. The van der Waals surface area contributed by atoms with E-state index in [1.807, 2.05) is 42.5 Å². The number of hydrogen-bond donors (Lipinski definition) is 2. The topological polar surface area (TPSA) is 66.2 Å². The van der Waals surface area contributed by atoms with Crippen LogP contribution in [-0.2, 0) is 0 Å². The second-order valence-electron chi connectivity index (χ2n) is 7.19. The van der Waals surface area contributed by atoms with Gasteiger partial charge < -0.3 is 9.40 Å². The van der Waals surface area contributed by atoms with Crippen LogP contribution < -0.4 is 10.8 Å². The van der Waals surface area contributed by atoms with Gasteiger partial charge >= 0.3 is 0 Å². The number of nitrogens with zero attached hydrogens (tertiary/aromatic N) is 2. The molecule has 142 valence electrons. The smallest absolute Gasteiger partial charge is 0.222 e. The normalized spacial score (nSPS) is 12.0. The lowest BCUT2D eigenvalue weighted by Crippen LogP contribution is -2.08. The molecule has 5 aromatic rings. The van der Waals surface area contributed by atoms with Crippen molar-refractivity contribution in [1.29, 1.82) is 0 Å². The molecule has 0 fully saturated rings. The lowest BCUT2D eigenvalue weighted by Gasteiger charge is -2.06. The summed E-state index contributed by atoms with van der Waals surface area (Å²) < 4.78 is 6.20. The van der Waals surface area contributed by atoms with Crippen molar-refractivity contribution < 1.29 is 4.42 Å². The number of hydrogen-bond acceptors (Lipinski definition) is 4. The Labute approximate surface area is 167 Å². The van der Waals surface area contributed by atoms with Gasteiger partial charge in [0.1, 0.15) is 11.3 Å². The molecule has 0 unspecified atom stereocenters. The van der Waals surface area contributed by atoms with Gasteiger partial charge in [-0.15, -0.1) is 0 Å². The van der Waals surface area contributed by atoms with Gasteiger partial charge in [-0.25, -0.2) is 10.4 Å². The van der Waals surface area contributed by atoms with Crippen molar-refractivity contribution in [1.82, 2.24) is 9.97 Å². The summed E-state index contributed by atoms with van der Waals surface area (Å²) in [5.41, 5.74) is 9.09. The third kappa shape index (κ3) is 3.38. The summed E-state index contributed by atoms with van der Waals surface area (Å²) in [7, 11) is 0. The molecule has 2 N–H and O–H groups in total. The van der Waals surface area contributed by atoms with Crippen LogP contribution in [0.15, 0.2) is 82.3 Å². The van der Waals surface area contributed by atoms with Crippen molar-refractivity contribution >= 4 is 28.0 Å². The molecule has 0 aliphatic rings. The summed E-state index contributed by atoms with van der Waals surface area (Å²) >= 11 is 0. The number of para-hydroxylation sites is 2. The Bertz CT molecular complexity index is 1360. The van der Waals surface area contributed by atoms with E-state index in [0.717, 1.165) is 44.2 Å². The summed E-state index contributed by atoms with van der Waals surface area (Å²) in [5, 5.41) is 6.36. The molecule has 0 amide bonds. The first-order valence-electron chi connectivity index (χ1n) is 9.52. The summed E-state index contributed by atoms with van der Waals surface area (Å²) in [6, 6.07) is 24.3. The highest BCUT2D eigenvalue weighted by molar-refractivity contribution is 5.79. The number of nitrogens with one attached hydrogen (secondary N) is 2. The monoisotopic (exact) mass is 380 g/mol. The predicted octanol–water partition coefficient (Wildman–Crippen LogP) is 5.52. The predicted molar refractivity (Wildman–Crippen MR) is 116 cm³/mol. The van der Waals surface area contributed by atoms with Crippen LogP contribution in [0.2, 0.25) is 0 Å². The molecule has 2 aromatic heterocycles. The van der Waals surface area contributed by atoms with E-state index < -0.39 is 0 Å². The van der Waals surface area contributed by atoms with Crippen molar-refractivity contribution in [3.05, 3.63) is 89.3 Å². The van der Waals surface area contributed by atoms with E-state index in [2.05, 4.69) is 64.7 Å². The number of aromatic amines is 1. The van der Waals surface area contributed by atoms with Crippen LogP contribution in [0, 0.1) is 13.8 Å². The van der Waals surface area contributed by atoms with Gasteiger partial charge in [-0.3, -0.25) is 0 Å². The maximum atomic E-state index is 6.20. The van der Waals surface area contributed by atoms with E-state index in [9.17, 15) is 0 Å². The van der Waals surface area contributed by atoms with Crippen LogP contribution in [0.25, 0.3) is 33.3 Å². The first-order chi connectivity index (χ1) is 14.2. The lowest BCUT2D eigenvalue weighted by molar-refractivity contribution is 0.618. The molecule has 5 heteroatoms. The highest BCUT2D eigenvalue weighted by Crippen LogP contribution is 2.23. The molecule has 0 saturated carbocycles. The molecule has 3 aromatic carbocycles. The summed E-state index contributed by atoms with van der Waals surface area (Å²) in [6.07, 6.45) is 0. The zero-order chi connectivity index (χ0) is 19.8. The highest BCUT2D eigenvalue weighted by Gasteiger charge is 2.07. The molecule has 2 heterocycles. The average molecular weight is 380 g/mol. The van der Waals surface area contributed by atoms with E-state index in [0.29, 0.717) is 5.95 Å². The minimum atomic E-state index is 0.601. The second kappa shape index (κ2) is 6.95. The van der Waals surface area contributed by atoms with Crippen molar-refractivity contribution in [3.8, 4) is 11.3 Å². The largest absolute Gasteiger partial charge is 0.456 e. The van der Waals surface area contributed by atoms with Crippen molar-refractivity contribution in [2.24, 2.45) is 5.10 Å². The molecule has 0 spiro atoms. The Morgan fingerprint density at radius 1 is 0.897 bits per heavy atom. The van der Waals surface area contributed by atoms with Gasteiger partial charge in [0.25, 0.3) is 0 Å². The maximum Gasteiger partial charge on any atom is 0.222 e. The molecular weight excluding hydrogens is 360 g/mol. The average Bonchev–Trinajstić information content (AvgIpc) is 3.15. The molecule has 29 heavy (non-hydrogen) atoms. The highest BCUT2D eigenvalue weighted by atomic mass is 16.3. The van der Waals surface area contributed by atoms with Crippen LogP contribution >= 0.6 is 0 Å². The molecule has 5 rings (SSSR count). The third-order valence-corrected chi connectivity index (χ3v) is 4.91. The van der Waals surface area contributed by atoms with Crippen LogP contribution in [0.4, 0.5) is 5.95 Å². The molecule has 5 nitrogen and oxygen atoms in total. The zero-order valence-corrected chi connectivity index (χ0v) is 16.2. The van der Waals surface area contributed by atoms with E-state index in [1.54, 1.807) is 0 Å². The second-order valence-corrected chi connectivity index (χ2v) is 7.19. The van der Waals surface area contributed by atoms with E-state index >= 15 is 0 Å². The van der Waals surface area contributed by atoms with Crippen LogP contribution in [0.5, 0.6) is 0 Å². The summed E-state index contributed by atoms with van der Waals surface area (Å²) in [4.78, 5) is 7.76. The molecule has 0 bridgehead atoms. The number of imidazole rings is 1. The van der Waals surface area contributed by atoms with Crippen LogP contribution in [0.3, 0.4) is 0 Å². The van der Waals surface area contributed by atoms with Crippen molar-refractivity contribution in [2.75, 3.05) is 5.43 Å². The Balaban J connectivity index is 1.64.